The van der Waals surface area contributed by atoms with Gasteiger partial charge in [0.05, 0.1) is 5.41 Å². The van der Waals surface area contributed by atoms with Crippen molar-refractivity contribution in [1.29, 1.82) is 0 Å². The van der Waals surface area contributed by atoms with Crippen molar-refractivity contribution in [3.8, 4) is 0 Å². The highest BCUT2D eigenvalue weighted by Gasteiger charge is 2.69. The number of hydrogen-bond donors (Lipinski definition) is 2. The molecule has 146 valence electrons. The lowest BCUT2D eigenvalue weighted by Gasteiger charge is -2.29. The van der Waals surface area contributed by atoms with Crippen molar-refractivity contribution in [3.05, 3.63) is 20.8 Å². The molecule has 1 unspecified atom stereocenters. The number of aromatic amines is 1. The molecule has 1 aromatic rings. The van der Waals surface area contributed by atoms with E-state index < -0.39 is 21.0 Å². The van der Waals surface area contributed by atoms with Crippen molar-refractivity contribution < 1.29 is 4.79 Å². The summed E-state index contributed by atoms with van der Waals surface area (Å²) < 4.78 is 0.110. The highest BCUT2D eigenvalue weighted by molar-refractivity contribution is 6.53. The average Bonchev–Trinajstić information content (AvgIpc) is 3.00. The normalized spacial score (nSPS) is 21.3. The zero-order valence-corrected chi connectivity index (χ0v) is 17.2. The van der Waals surface area contributed by atoms with Gasteiger partial charge in [-0.05, 0) is 25.2 Å². The molecule has 26 heavy (non-hydrogen) atoms. The molecule has 0 bridgehead atoms. The first-order valence-electron chi connectivity index (χ1n) is 8.64. The largest absolute Gasteiger partial charge is 0.383 e. The molecule has 0 aromatic carbocycles. The number of rotatable bonds is 6. The Morgan fingerprint density at radius 2 is 1.81 bits per heavy atom. The van der Waals surface area contributed by atoms with Crippen LogP contribution in [-0.4, -0.2) is 26.3 Å². The SMILES string of the molecule is CC(C)CN(C(=O)C1(C)CC1(Cl)Cl)c1c(N)n(CC(C)C)c(=O)[nH]c1=O. The van der Waals surface area contributed by atoms with Crippen LogP contribution >= 0.6 is 23.2 Å². The van der Waals surface area contributed by atoms with Crippen molar-refractivity contribution in [2.45, 2.75) is 51.9 Å². The molecular weight excluding hydrogens is 379 g/mol. The molecule has 3 N–H and O–H groups in total. The highest BCUT2D eigenvalue weighted by Crippen LogP contribution is 2.64. The minimum atomic E-state index is -1.17. The van der Waals surface area contributed by atoms with Crippen molar-refractivity contribution in [1.82, 2.24) is 9.55 Å². The summed E-state index contributed by atoms with van der Waals surface area (Å²) in [6, 6.07) is 0. The van der Waals surface area contributed by atoms with E-state index in [4.69, 9.17) is 28.9 Å². The van der Waals surface area contributed by atoms with Gasteiger partial charge >= 0.3 is 5.69 Å². The van der Waals surface area contributed by atoms with Crippen LogP contribution in [0.1, 0.15) is 41.0 Å². The van der Waals surface area contributed by atoms with E-state index in [2.05, 4.69) is 4.98 Å². The maximum Gasteiger partial charge on any atom is 0.330 e. The Morgan fingerprint density at radius 3 is 2.23 bits per heavy atom. The van der Waals surface area contributed by atoms with E-state index >= 15 is 0 Å². The first-order chi connectivity index (χ1) is 11.8. The Morgan fingerprint density at radius 1 is 1.27 bits per heavy atom. The molecule has 1 atom stereocenters. The van der Waals surface area contributed by atoms with Crippen molar-refractivity contribution >= 4 is 40.6 Å². The summed E-state index contributed by atoms with van der Waals surface area (Å²) in [6.07, 6.45) is 0.292. The average molecular weight is 405 g/mol. The molecule has 1 aromatic heterocycles. The predicted octanol–water partition coefficient (Wildman–Crippen LogP) is 2.35. The molecular formula is C17H26Cl2N4O3. The van der Waals surface area contributed by atoms with Gasteiger partial charge in [0.25, 0.3) is 5.56 Å². The summed E-state index contributed by atoms with van der Waals surface area (Å²) in [4.78, 5) is 41.4. The zero-order chi connectivity index (χ0) is 20.0. The summed E-state index contributed by atoms with van der Waals surface area (Å²) in [6.45, 7) is 9.92. The lowest BCUT2D eigenvalue weighted by atomic mass is 10.1. The molecule has 1 saturated carbocycles. The number of carbonyl (C=O) groups excluding carboxylic acids is 1. The van der Waals surface area contributed by atoms with Crippen LogP contribution in [0.15, 0.2) is 9.59 Å². The number of halogens is 2. The molecule has 1 amide bonds. The quantitative estimate of drug-likeness (QED) is 0.710. The van der Waals surface area contributed by atoms with Crippen LogP contribution in [0.3, 0.4) is 0 Å². The highest BCUT2D eigenvalue weighted by atomic mass is 35.5. The monoisotopic (exact) mass is 404 g/mol. The van der Waals surface area contributed by atoms with E-state index in [0.29, 0.717) is 13.0 Å². The van der Waals surface area contributed by atoms with E-state index in [0.717, 1.165) is 0 Å². The number of nitrogens with zero attached hydrogens (tertiary/aromatic N) is 2. The minimum absolute atomic E-state index is 0.0267. The number of carbonyl (C=O) groups is 1. The topological polar surface area (TPSA) is 101 Å². The molecule has 2 rings (SSSR count). The fourth-order valence-corrected chi connectivity index (χ4v) is 3.65. The van der Waals surface area contributed by atoms with Gasteiger partial charge in [-0.15, -0.1) is 23.2 Å². The Labute approximate surface area is 162 Å². The van der Waals surface area contributed by atoms with Crippen LogP contribution in [0.4, 0.5) is 11.5 Å². The third-order valence-corrected chi connectivity index (χ3v) is 5.66. The number of nitrogens with two attached hydrogens (primary N) is 1. The molecule has 1 heterocycles. The fourth-order valence-electron chi connectivity index (χ4n) is 2.96. The number of H-pyrrole nitrogens is 1. The molecule has 0 spiro atoms. The second-order valence-corrected chi connectivity index (χ2v) is 9.50. The number of amides is 1. The van der Waals surface area contributed by atoms with E-state index in [1.165, 1.54) is 9.47 Å². The van der Waals surface area contributed by atoms with Crippen molar-refractivity contribution in [2.24, 2.45) is 17.3 Å². The van der Waals surface area contributed by atoms with Gasteiger partial charge in [0, 0.05) is 13.1 Å². The van der Waals surface area contributed by atoms with Gasteiger partial charge in [-0.2, -0.15) is 0 Å². The third kappa shape index (κ3) is 3.64. The Balaban J connectivity index is 2.61. The van der Waals surface area contributed by atoms with Crippen molar-refractivity contribution in [3.63, 3.8) is 0 Å². The number of anilines is 2. The van der Waals surface area contributed by atoms with Gasteiger partial charge in [0.1, 0.15) is 10.2 Å². The molecule has 9 heteroatoms. The molecule has 1 fully saturated rings. The number of nitrogen functional groups attached to an aromatic ring is 1. The lowest BCUT2D eigenvalue weighted by Crippen LogP contribution is -2.46. The summed E-state index contributed by atoms with van der Waals surface area (Å²) in [5, 5.41) is 0. The summed E-state index contributed by atoms with van der Waals surface area (Å²) in [5.74, 6) is -0.212. The zero-order valence-electron chi connectivity index (χ0n) is 15.7. The number of aromatic nitrogens is 2. The van der Waals surface area contributed by atoms with Crippen LogP contribution < -0.4 is 21.9 Å². The molecule has 7 nitrogen and oxygen atoms in total. The second kappa shape index (κ2) is 6.93. The van der Waals surface area contributed by atoms with Gasteiger partial charge in [-0.3, -0.25) is 19.1 Å². The smallest absolute Gasteiger partial charge is 0.330 e. The first kappa shape index (κ1) is 20.8. The van der Waals surface area contributed by atoms with Crippen LogP contribution in [0, 0.1) is 17.3 Å². The standard InChI is InChI=1S/C17H26Cl2N4O3/c1-9(2)6-22(14(25)16(5)8-17(16,18)19)11-12(20)23(7-10(3)4)15(26)21-13(11)24/h9-10H,6-8,20H2,1-5H3,(H,21,24,26). The van der Waals surface area contributed by atoms with Crippen LogP contribution in [0.5, 0.6) is 0 Å². The van der Waals surface area contributed by atoms with Crippen LogP contribution in [-0.2, 0) is 11.3 Å². The number of nitrogens with one attached hydrogen (secondary N) is 1. The fraction of sp³-hybridized carbons (Fsp3) is 0.706. The predicted molar refractivity (Wildman–Crippen MR) is 105 cm³/mol. The molecule has 0 aliphatic heterocycles. The van der Waals surface area contributed by atoms with Gasteiger partial charge in [0.15, 0.2) is 5.69 Å². The van der Waals surface area contributed by atoms with Crippen molar-refractivity contribution in [2.75, 3.05) is 17.2 Å². The second-order valence-electron chi connectivity index (χ2n) is 8.02. The molecule has 1 aliphatic carbocycles. The van der Waals surface area contributed by atoms with Crippen LogP contribution in [0.2, 0.25) is 0 Å². The molecule has 0 saturated heterocycles. The van der Waals surface area contributed by atoms with Gasteiger partial charge in [-0.1, -0.05) is 27.7 Å². The van der Waals surface area contributed by atoms with E-state index in [-0.39, 0.29) is 35.8 Å². The lowest BCUT2D eigenvalue weighted by molar-refractivity contribution is -0.123. The number of alkyl halides is 2. The van der Waals surface area contributed by atoms with E-state index in [1.54, 1.807) is 6.92 Å². The van der Waals surface area contributed by atoms with Gasteiger partial charge < -0.3 is 10.6 Å². The van der Waals surface area contributed by atoms with E-state index in [9.17, 15) is 14.4 Å². The van der Waals surface area contributed by atoms with E-state index in [1.807, 2.05) is 27.7 Å². The van der Waals surface area contributed by atoms with Crippen LogP contribution in [0.25, 0.3) is 0 Å². The Hall–Kier alpha value is -1.47. The minimum Gasteiger partial charge on any atom is -0.383 e. The molecule has 0 radical (unpaired) electrons. The van der Waals surface area contributed by atoms with Gasteiger partial charge in [0.2, 0.25) is 5.91 Å². The Bertz CT molecular complexity index is 828. The maximum absolute atomic E-state index is 13.2. The first-order valence-corrected chi connectivity index (χ1v) is 9.39. The maximum atomic E-state index is 13.2. The summed E-state index contributed by atoms with van der Waals surface area (Å²) in [5.41, 5.74) is 3.85. The summed E-state index contributed by atoms with van der Waals surface area (Å²) in [7, 11) is 0. The molecule has 1 aliphatic rings. The van der Waals surface area contributed by atoms with Gasteiger partial charge in [-0.25, -0.2) is 4.79 Å². The third-order valence-electron chi connectivity index (χ3n) is 4.55. The summed E-state index contributed by atoms with van der Waals surface area (Å²) >= 11 is 12.3. The number of hydrogen-bond acceptors (Lipinski definition) is 4. The Kier molecular flexibility index (Phi) is 5.55.